The van der Waals surface area contributed by atoms with Gasteiger partial charge in [-0.05, 0) is 44.9 Å². The number of nitrogens with zero attached hydrogens (tertiary/aromatic N) is 3. The van der Waals surface area contributed by atoms with Gasteiger partial charge in [-0.2, -0.15) is 0 Å². The molecule has 1 aliphatic heterocycles. The zero-order chi connectivity index (χ0) is 20.8. The first-order valence-electron chi connectivity index (χ1n) is 9.77. The molecular formula is C20H26N4O5. The van der Waals surface area contributed by atoms with Gasteiger partial charge >= 0.3 is 11.9 Å². The number of rotatable bonds is 7. The number of H-pyrrole nitrogens is 1. The molecule has 0 atom stereocenters. The maximum atomic E-state index is 12.4. The highest BCUT2D eigenvalue weighted by molar-refractivity contribution is 6.05. The van der Waals surface area contributed by atoms with E-state index in [-0.39, 0.29) is 24.2 Å². The minimum absolute atomic E-state index is 0.103. The fourth-order valence-electron chi connectivity index (χ4n) is 3.30. The Hall–Kier alpha value is -3.10. The molecule has 1 saturated heterocycles. The van der Waals surface area contributed by atoms with Crippen LogP contribution < -0.4 is 4.74 Å². The summed E-state index contributed by atoms with van der Waals surface area (Å²) in [6.45, 7) is 5.38. The Morgan fingerprint density at radius 2 is 1.90 bits per heavy atom. The molecule has 3 rings (SSSR count). The predicted octanol–water partition coefficient (Wildman–Crippen LogP) is 3.63. The van der Waals surface area contributed by atoms with Crippen molar-refractivity contribution in [1.29, 1.82) is 0 Å². The van der Waals surface area contributed by atoms with Crippen LogP contribution in [0.25, 0.3) is 10.9 Å². The second-order valence-corrected chi connectivity index (χ2v) is 6.65. The first-order chi connectivity index (χ1) is 14.1. The maximum absolute atomic E-state index is 12.4. The van der Waals surface area contributed by atoms with E-state index in [0.717, 1.165) is 10.9 Å². The number of piperidine rings is 1. The number of benzene rings is 1. The van der Waals surface area contributed by atoms with E-state index >= 15 is 0 Å². The third kappa shape index (κ3) is 4.67. The van der Waals surface area contributed by atoms with Crippen LogP contribution >= 0.6 is 0 Å². The van der Waals surface area contributed by atoms with Gasteiger partial charge in [0.2, 0.25) is 0 Å². The van der Waals surface area contributed by atoms with Gasteiger partial charge in [0.1, 0.15) is 11.4 Å². The van der Waals surface area contributed by atoms with E-state index in [1.807, 2.05) is 6.07 Å². The second-order valence-electron chi connectivity index (χ2n) is 6.65. The number of hydrogen-bond acceptors (Lipinski definition) is 7. The molecule has 1 aliphatic rings. The monoisotopic (exact) mass is 402 g/mol. The molecule has 1 aromatic carbocycles. The molecular weight excluding hydrogens is 376 g/mol. The molecule has 0 bridgehead atoms. The smallest absolute Gasteiger partial charge is 0.357 e. The fourth-order valence-corrected chi connectivity index (χ4v) is 3.30. The Labute approximate surface area is 169 Å². The van der Waals surface area contributed by atoms with Gasteiger partial charge in [0.25, 0.3) is 0 Å². The van der Waals surface area contributed by atoms with Crippen LogP contribution in [-0.4, -0.2) is 55.3 Å². The highest BCUT2D eigenvalue weighted by Gasteiger charge is 2.26. The summed E-state index contributed by atoms with van der Waals surface area (Å²) in [6.07, 6.45) is 1.31. The molecule has 29 heavy (non-hydrogen) atoms. The Kier molecular flexibility index (Phi) is 6.69. The SMILES string of the molecule is CCOC(=O)c1[nH]c2ccc(OC)cc2c1N=NN1CCC(C(=O)OCC)CC1. The van der Waals surface area contributed by atoms with Crippen LogP contribution in [-0.2, 0) is 14.3 Å². The van der Waals surface area contributed by atoms with Crippen molar-refractivity contribution in [2.24, 2.45) is 16.3 Å². The van der Waals surface area contributed by atoms with Crippen LogP contribution in [0.5, 0.6) is 5.75 Å². The van der Waals surface area contributed by atoms with Crippen molar-refractivity contribution in [3.8, 4) is 5.75 Å². The number of aromatic amines is 1. The molecule has 0 aliphatic carbocycles. The number of nitrogens with one attached hydrogen (secondary N) is 1. The van der Waals surface area contributed by atoms with Gasteiger partial charge in [-0.3, -0.25) is 9.80 Å². The number of ether oxygens (including phenoxy) is 3. The van der Waals surface area contributed by atoms with Crippen molar-refractivity contribution in [3.63, 3.8) is 0 Å². The summed E-state index contributed by atoms with van der Waals surface area (Å²) >= 11 is 0. The topological polar surface area (TPSA) is 106 Å². The van der Waals surface area contributed by atoms with Crippen LogP contribution in [0.15, 0.2) is 28.5 Å². The first-order valence-corrected chi connectivity index (χ1v) is 9.77. The van der Waals surface area contributed by atoms with Gasteiger partial charge in [0, 0.05) is 24.0 Å². The molecule has 0 saturated carbocycles. The predicted molar refractivity (Wildman–Crippen MR) is 106 cm³/mol. The van der Waals surface area contributed by atoms with Gasteiger partial charge < -0.3 is 19.2 Å². The molecule has 1 aromatic heterocycles. The van der Waals surface area contributed by atoms with Gasteiger partial charge in [-0.25, -0.2) is 4.79 Å². The Balaban J connectivity index is 1.82. The molecule has 9 nitrogen and oxygen atoms in total. The summed E-state index contributed by atoms with van der Waals surface area (Å²) < 4.78 is 15.5. The second kappa shape index (κ2) is 9.40. The molecule has 0 spiro atoms. The van der Waals surface area contributed by atoms with Gasteiger partial charge in [0.15, 0.2) is 5.69 Å². The van der Waals surface area contributed by atoms with Crippen LogP contribution in [0, 0.1) is 5.92 Å². The van der Waals surface area contributed by atoms with Gasteiger partial charge in [0.05, 0.1) is 26.2 Å². The van der Waals surface area contributed by atoms with Crippen molar-refractivity contribution in [3.05, 3.63) is 23.9 Å². The normalized spacial score (nSPS) is 15.1. The summed E-state index contributed by atoms with van der Waals surface area (Å²) in [5, 5.41) is 11.2. The first kappa shape index (κ1) is 20.6. The fraction of sp³-hybridized carbons (Fsp3) is 0.500. The summed E-state index contributed by atoms with van der Waals surface area (Å²) in [5.41, 5.74) is 1.40. The third-order valence-electron chi connectivity index (χ3n) is 4.82. The lowest BCUT2D eigenvalue weighted by atomic mass is 9.98. The third-order valence-corrected chi connectivity index (χ3v) is 4.82. The van der Waals surface area contributed by atoms with E-state index in [1.165, 1.54) is 0 Å². The lowest BCUT2D eigenvalue weighted by molar-refractivity contribution is -0.149. The molecule has 0 amide bonds. The Bertz CT molecular complexity index is 900. The van der Waals surface area contributed by atoms with Crippen molar-refractivity contribution >= 4 is 28.5 Å². The number of esters is 2. The molecule has 1 fully saturated rings. The zero-order valence-corrected chi connectivity index (χ0v) is 16.9. The van der Waals surface area contributed by atoms with Crippen LogP contribution in [0.4, 0.5) is 5.69 Å². The summed E-state index contributed by atoms with van der Waals surface area (Å²) in [5.74, 6) is -0.0949. The quantitative estimate of drug-likeness (QED) is 0.560. The lowest BCUT2D eigenvalue weighted by Gasteiger charge is -2.27. The number of fused-ring (bicyclic) bond motifs is 1. The molecule has 2 aromatic rings. The summed E-state index contributed by atoms with van der Waals surface area (Å²) in [7, 11) is 1.58. The van der Waals surface area contributed by atoms with Crippen molar-refractivity contribution in [1.82, 2.24) is 9.99 Å². The number of hydrogen-bond donors (Lipinski definition) is 1. The molecule has 0 unspecified atom stereocenters. The van der Waals surface area contributed by atoms with E-state index in [0.29, 0.717) is 44.0 Å². The highest BCUT2D eigenvalue weighted by atomic mass is 16.5. The number of methoxy groups -OCH3 is 1. The van der Waals surface area contributed by atoms with Crippen molar-refractivity contribution < 1.29 is 23.8 Å². The molecule has 0 radical (unpaired) electrons. The van der Waals surface area contributed by atoms with Gasteiger partial charge in [-0.15, -0.1) is 5.11 Å². The molecule has 156 valence electrons. The Morgan fingerprint density at radius 1 is 1.17 bits per heavy atom. The molecule has 2 heterocycles. The number of aromatic nitrogens is 1. The Morgan fingerprint density at radius 3 is 2.55 bits per heavy atom. The zero-order valence-electron chi connectivity index (χ0n) is 16.9. The van der Waals surface area contributed by atoms with Crippen LogP contribution in [0.2, 0.25) is 0 Å². The highest BCUT2D eigenvalue weighted by Crippen LogP contribution is 2.34. The van der Waals surface area contributed by atoms with E-state index in [2.05, 4.69) is 15.3 Å². The van der Waals surface area contributed by atoms with E-state index in [4.69, 9.17) is 14.2 Å². The lowest BCUT2D eigenvalue weighted by Crippen LogP contribution is -2.33. The summed E-state index contributed by atoms with van der Waals surface area (Å²) in [4.78, 5) is 27.3. The standard InChI is InChI=1S/C20H26N4O5/c1-4-28-19(25)13-8-10-24(11-9-13)23-22-17-15-12-14(27-3)6-7-16(15)21-18(17)20(26)29-5-2/h6-7,12-13,21H,4-5,8-11H2,1-3H3. The van der Waals surface area contributed by atoms with E-state index < -0.39 is 5.97 Å². The van der Waals surface area contributed by atoms with Crippen molar-refractivity contribution in [2.75, 3.05) is 33.4 Å². The van der Waals surface area contributed by atoms with Gasteiger partial charge in [-0.1, -0.05) is 5.22 Å². The van der Waals surface area contributed by atoms with E-state index in [1.54, 1.807) is 38.1 Å². The minimum Gasteiger partial charge on any atom is -0.497 e. The van der Waals surface area contributed by atoms with E-state index in [9.17, 15) is 9.59 Å². The average molecular weight is 402 g/mol. The number of carbonyl (C=O) groups is 2. The van der Waals surface area contributed by atoms with Crippen LogP contribution in [0.1, 0.15) is 37.2 Å². The largest absolute Gasteiger partial charge is 0.497 e. The summed E-state index contributed by atoms with van der Waals surface area (Å²) in [6, 6.07) is 5.42. The maximum Gasteiger partial charge on any atom is 0.357 e. The average Bonchev–Trinajstić information content (AvgIpc) is 3.10. The van der Waals surface area contributed by atoms with Crippen LogP contribution in [0.3, 0.4) is 0 Å². The van der Waals surface area contributed by atoms with Crippen molar-refractivity contribution in [2.45, 2.75) is 26.7 Å². The molecule has 9 heteroatoms. The minimum atomic E-state index is -0.488. The molecule has 1 N–H and O–H groups in total. The number of carbonyl (C=O) groups excluding carboxylic acids is 2.